The van der Waals surface area contributed by atoms with E-state index in [1.165, 1.54) is 10.7 Å². The van der Waals surface area contributed by atoms with Crippen LogP contribution >= 0.6 is 0 Å². The lowest BCUT2D eigenvalue weighted by Gasteiger charge is -2.07. The Morgan fingerprint density at radius 2 is 1.90 bits per heavy atom. The molecule has 1 heterocycles. The molecule has 1 aliphatic rings. The highest BCUT2D eigenvalue weighted by molar-refractivity contribution is 5.95. The number of carbonyl (C=O) groups excluding carboxylic acids is 2. The zero-order chi connectivity index (χ0) is 21.3. The summed E-state index contributed by atoms with van der Waals surface area (Å²) in [4.78, 5) is 24.6. The molecule has 2 amide bonds. The molecule has 0 radical (unpaired) electrons. The zero-order valence-electron chi connectivity index (χ0n) is 16.3. The number of benzene rings is 2. The smallest absolute Gasteiger partial charge is 0.272 e. The quantitative estimate of drug-likeness (QED) is 0.679. The highest BCUT2D eigenvalue weighted by Crippen LogP contribution is 2.28. The Kier molecular flexibility index (Phi) is 5.31. The summed E-state index contributed by atoms with van der Waals surface area (Å²) < 4.78 is 28.5. The number of aromatic nitrogens is 2. The monoisotopic (exact) mass is 410 g/mol. The van der Waals surface area contributed by atoms with Gasteiger partial charge in [0.15, 0.2) is 17.3 Å². The summed E-state index contributed by atoms with van der Waals surface area (Å²) in [7, 11) is 1.56. The van der Waals surface area contributed by atoms with Gasteiger partial charge in [0.2, 0.25) is 0 Å². The minimum absolute atomic E-state index is 0.203. The number of hydrogen-bond acceptors (Lipinski definition) is 3. The Bertz CT molecular complexity index is 1140. The fraction of sp³-hybridized carbons (Fsp3) is 0.227. The lowest BCUT2D eigenvalue weighted by molar-refractivity contribution is 0.0943. The van der Waals surface area contributed by atoms with Crippen molar-refractivity contribution in [1.82, 2.24) is 20.4 Å². The van der Waals surface area contributed by atoms with Crippen LogP contribution in [-0.2, 0) is 19.4 Å². The van der Waals surface area contributed by atoms with Crippen LogP contribution in [0.2, 0.25) is 0 Å². The maximum absolute atomic E-state index is 13.7. The predicted molar refractivity (Wildman–Crippen MR) is 107 cm³/mol. The maximum Gasteiger partial charge on any atom is 0.272 e. The van der Waals surface area contributed by atoms with Gasteiger partial charge < -0.3 is 10.6 Å². The molecule has 2 aromatic carbocycles. The molecule has 0 aliphatic heterocycles. The van der Waals surface area contributed by atoms with E-state index in [-0.39, 0.29) is 24.1 Å². The average molecular weight is 410 g/mol. The van der Waals surface area contributed by atoms with Crippen molar-refractivity contribution in [3.8, 4) is 5.69 Å². The van der Waals surface area contributed by atoms with Crippen molar-refractivity contribution in [3.05, 3.63) is 82.2 Å². The van der Waals surface area contributed by atoms with Crippen LogP contribution in [-0.4, -0.2) is 28.6 Å². The predicted octanol–water partition coefficient (Wildman–Crippen LogP) is 2.93. The fourth-order valence-corrected chi connectivity index (χ4v) is 3.68. The minimum atomic E-state index is -0.961. The number of halogens is 2. The number of hydrogen-bond donors (Lipinski definition) is 2. The summed E-state index contributed by atoms with van der Waals surface area (Å²) in [6.07, 6.45) is 2.28. The Morgan fingerprint density at radius 3 is 2.67 bits per heavy atom. The van der Waals surface area contributed by atoms with Crippen LogP contribution in [0.1, 0.15) is 44.1 Å². The van der Waals surface area contributed by atoms with Gasteiger partial charge in [-0.05, 0) is 49.1 Å². The van der Waals surface area contributed by atoms with Crippen molar-refractivity contribution in [2.24, 2.45) is 0 Å². The summed E-state index contributed by atoms with van der Waals surface area (Å²) in [5.41, 5.74) is 3.62. The average Bonchev–Trinajstić information content (AvgIpc) is 3.36. The maximum atomic E-state index is 13.7. The van der Waals surface area contributed by atoms with E-state index in [0.29, 0.717) is 24.1 Å². The largest absolute Gasteiger partial charge is 0.355 e. The van der Waals surface area contributed by atoms with Gasteiger partial charge >= 0.3 is 0 Å². The van der Waals surface area contributed by atoms with Crippen LogP contribution in [0.25, 0.3) is 5.69 Å². The fourth-order valence-electron chi connectivity index (χ4n) is 3.68. The second-order valence-corrected chi connectivity index (χ2v) is 7.10. The highest BCUT2D eigenvalue weighted by Gasteiger charge is 2.27. The van der Waals surface area contributed by atoms with Crippen LogP contribution in [0.5, 0.6) is 0 Å². The van der Waals surface area contributed by atoms with Crippen LogP contribution in [0.15, 0.2) is 42.5 Å². The van der Waals surface area contributed by atoms with Gasteiger partial charge in [-0.3, -0.25) is 9.59 Å². The van der Waals surface area contributed by atoms with E-state index in [1.807, 2.05) is 6.07 Å². The molecule has 4 rings (SSSR count). The van der Waals surface area contributed by atoms with Crippen molar-refractivity contribution in [1.29, 1.82) is 0 Å². The van der Waals surface area contributed by atoms with Crippen molar-refractivity contribution in [3.63, 3.8) is 0 Å². The molecule has 0 unspecified atom stereocenters. The molecule has 0 saturated heterocycles. The summed E-state index contributed by atoms with van der Waals surface area (Å²) in [5, 5.41) is 9.79. The van der Waals surface area contributed by atoms with Crippen molar-refractivity contribution in [2.75, 3.05) is 7.05 Å². The highest BCUT2D eigenvalue weighted by atomic mass is 19.2. The van der Waals surface area contributed by atoms with Gasteiger partial charge in [0.1, 0.15) is 0 Å². The molecule has 0 saturated carbocycles. The summed E-state index contributed by atoms with van der Waals surface area (Å²) >= 11 is 0. The van der Waals surface area contributed by atoms with E-state index in [0.717, 1.165) is 35.4 Å². The first-order chi connectivity index (χ1) is 14.5. The molecule has 0 bridgehead atoms. The molecule has 6 nitrogen and oxygen atoms in total. The van der Waals surface area contributed by atoms with E-state index >= 15 is 0 Å². The topological polar surface area (TPSA) is 76.0 Å². The molecule has 2 N–H and O–H groups in total. The molecule has 30 heavy (non-hydrogen) atoms. The molecule has 8 heteroatoms. The SMILES string of the molecule is CNC(=O)c1cccc(CNC(=O)c2nn(-c3ccc(F)c(F)c3)c3c2CCC3)c1. The number of nitrogens with zero attached hydrogens (tertiary/aromatic N) is 2. The van der Waals surface area contributed by atoms with Crippen LogP contribution in [0.4, 0.5) is 8.78 Å². The Balaban J connectivity index is 1.57. The minimum Gasteiger partial charge on any atom is -0.355 e. The van der Waals surface area contributed by atoms with Crippen molar-refractivity contribution >= 4 is 11.8 Å². The molecule has 3 aromatic rings. The molecular formula is C22H20F2N4O2. The van der Waals surface area contributed by atoms with Gasteiger partial charge in [0, 0.05) is 36.5 Å². The first kappa shape index (κ1) is 19.8. The first-order valence-corrected chi connectivity index (χ1v) is 9.63. The Labute approximate surface area is 171 Å². The van der Waals surface area contributed by atoms with Gasteiger partial charge in [-0.1, -0.05) is 12.1 Å². The van der Waals surface area contributed by atoms with E-state index in [1.54, 1.807) is 25.2 Å². The van der Waals surface area contributed by atoms with Gasteiger partial charge in [0.25, 0.3) is 11.8 Å². The molecular weight excluding hydrogens is 390 g/mol. The third kappa shape index (κ3) is 3.68. The second-order valence-electron chi connectivity index (χ2n) is 7.10. The lowest BCUT2D eigenvalue weighted by Crippen LogP contribution is -2.25. The van der Waals surface area contributed by atoms with Crippen LogP contribution < -0.4 is 10.6 Å². The molecule has 0 fully saturated rings. The number of fused-ring (bicyclic) bond motifs is 1. The first-order valence-electron chi connectivity index (χ1n) is 9.63. The van der Waals surface area contributed by atoms with E-state index < -0.39 is 11.6 Å². The van der Waals surface area contributed by atoms with Gasteiger partial charge in [-0.15, -0.1) is 0 Å². The zero-order valence-corrected chi connectivity index (χ0v) is 16.3. The van der Waals surface area contributed by atoms with Crippen LogP contribution in [0.3, 0.4) is 0 Å². The normalized spacial score (nSPS) is 12.5. The van der Waals surface area contributed by atoms with E-state index in [9.17, 15) is 18.4 Å². The van der Waals surface area contributed by atoms with Crippen LogP contribution in [0, 0.1) is 11.6 Å². The molecule has 154 valence electrons. The third-order valence-corrected chi connectivity index (χ3v) is 5.16. The van der Waals surface area contributed by atoms with E-state index in [2.05, 4.69) is 15.7 Å². The van der Waals surface area contributed by atoms with Crippen molar-refractivity contribution < 1.29 is 18.4 Å². The van der Waals surface area contributed by atoms with Gasteiger partial charge in [-0.2, -0.15) is 5.10 Å². The second kappa shape index (κ2) is 8.06. The molecule has 0 atom stereocenters. The number of rotatable bonds is 5. The molecule has 0 spiro atoms. The Hall–Kier alpha value is -3.55. The third-order valence-electron chi connectivity index (χ3n) is 5.16. The summed E-state index contributed by atoms with van der Waals surface area (Å²) in [5.74, 6) is -2.44. The van der Waals surface area contributed by atoms with Gasteiger partial charge in [0.05, 0.1) is 5.69 Å². The standard InChI is InChI=1S/C22H20F2N4O2/c1-25-21(29)14-5-2-4-13(10-14)12-26-22(30)20-16-6-3-7-19(16)28(27-20)15-8-9-17(23)18(24)11-15/h2,4-5,8-11H,3,6-7,12H2,1H3,(H,25,29)(H,26,30). The van der Waals surface area contributed by atoms with Gasteiger partial charge in [-0.25, -0.2) is 13.5 Å². The molecule has 1 aromatic heterocycles. The number of carbonyl (C=O) groups is 2. The summed E-state index contributed by atoms with van der Waals surface area (Å²) in [6.45, 7) is 0.233. The number of amides is 2. The van der Waals surface area contributed by atoms with E-state index in [4.69, 9.17) is 0 Å². The molecule has 1 aliphatic carbocycles. The Morgan fingerprint density at radius 1 is 1.07 bits per heavy atom. The number of nitrogens with one attached hydrogen (secondary N) is 2. The van der Waals surface area contributed by atoms with Crippen molar-refractivity contribution in [2.45, 2.75) is 25.8 Å². The summed E-state index contributed by atoms with van der Waals surface area (Å²) in [6, 6.07) is 10.5. The lowest BCUT2D eigenvalue weighted by atomic mass is 10.1.